The monoisotopic (exact) mass is 222 g/mol. The zero-order valence-corrected chi connectivity index (χ0v) is 10.8. The second kappa shape index (κ2) is 4.86. The lowest BCUT2D eigenvalue weighted by molar-refractivity contribution is -0.139. The van der Waals surface area contributed by atoms with Crippen molar-refractivity contribution in [1.82, 2.24) is 4.90 Å². The Hall–Kier alpha value is -1.04. The number of rotatable bonds is 2. The van der Waals surface area contributed by atoms with Crippen LogP contribution < -0.4 is 0 Å². The van der Waals surface area contributed by atoms with Crippen LogP contribution in [0.25, 0.3) is 0 Å². The van der Waals surface area contributed by atoms with E-state index in [0.717, 1.165) is 18.8 Å². The highest BCUT2D eigenvalue weighted by Gasteiger charge is 2.34. The summed E-state index contributed by atoms with van der Waals surface area (Å²) in [5.41, 5.74) is -0.891. The molecule has 0 heterocycles. The Kier molecular flexibility index (Phi) is 3.96. The average molecular weight is 222 g/mol. The Labute approximate surface area is 98.4 Å². The van der Waals surface area contributed by atoms with Gasteiger partial charge < -0.3 is 4.90 Å². The fourth-order valence-corrected chi connectivity index (χ4v) is 2.28. The predicted molar refractivity (Wildman–Crippen MR) is 63.6 cm³/mol. The quantitative estimate of drug-likeness (QED) is 0.720. The molecule has 0 atom stereocenters. The Morgan fingerprint density at radius 1 is 1.31 bits per heavy atom. The van der Waals surface area contributed by atoms with E-state index in [9.17, 15) is 4.79 Å². The van der Waals surface area contributed by atoms with Gasteiger partial charge in [-0.25, -0.2) is 0 Å². The first-order chi connectivity index (χ1) is 7.38. The zero-order chi connectivity index (χ0) is 12.3. The highest BCUT2D eigenvalue weighted by molar-refractivity contribution is 5.84. The standard InChI is InChI=1S/C13H22N2O/c1-10-5-7-11(8-6-10)15(4)12(16)13(2,3)9-14/h10-11H,5-8H2,1-4H3. The molecule has 0 unspecified atom stereocenters. The third-order valence-corrected chi connectivity index (χ3v) is 3.67. The SMILES string of the molecule is CC1CCC(N(C)C(=O)C(C)(C)C#N)CC1. The molecule has 1 rings (SSSR count). The maximum Gasteiger partial charge on any atom is 0.242 e. The molecule has 0 bridgehead atoms. The summed E-state index contributed by atoms with van der Waals surface area (Å²) in [6, 6.07) is 2.41. The van der Waals surface area contributed by atoms with E-state index in [4.69, 9.17) is 5.26 Å². The van der Waals surface area contributed by atoms with Crippen molar-refractivity contribution in [2.45, 2.75) is 52.5 Å². The van der Waals surface area contributed by atoms with Crippen LogP contribution in [0.2, 0.25) is 0 Å². The summed E-state index contributed by atoms with van der Waals surface area (Å²) < 4.78 is 0. The number of hydrogen-bond acceptors (Lipinski definition) is 2. The van der Waals surface area contributed by atoms with Crippen LogP contribution in [-0.2, 0) is 4.79 Å². The molecule has 1 saturated carbocycles. The smallest absolute Gasteiger partial charge is 0.242 e. The van der Waals surface area contributed by atoms with Gasteiger partial charge in [0.25, 0.3) is 0 Å². The molecule has 0 aliphatic heterocycles. The molecule has 0 N–H and O–H groups in total. The molecule has 3 heteroatoms. The van der Waals surface area contributed by atoms with Gasteiger partial charge in [0.15, 0.2) is 0 Å². The van der Waals surface area contributed by atoms with Gasteiger partial charge in [0.2, 0.25) is 5.91 Å². The van der Waals surface area contributed by atoms with Crippen molar-refractivity contribution >= 4 is 5.91 Å². The summed E-state index contributed by atoms with van der Waals surface area (Å²) >= 11 is 0. The van der Waals surface area contributed by atoms with E-state index in [1.165, 1.54) is 12.8 Å². The van der Waals surface area contributed by atoms with Crippen LogP contribution in [-0.4, -0.2) is 23.9 Å². The van der Waals surface area contributed by atoms with Crippen LogP contribution in [0.3, 0.4) is 0 Å². The summed E-state index contributed by atoms with van der Waals surface area (Å²) in [7, 11) is 1.84. The largest absolute Gasteiger partial charge is 0.341 e. The molecule has 0 aromatic rings. The summed E-state index contributed by atoms with van der Waals surface area (Å²) in [6.45, 7) is 5.64. The number of carbonyl (C=O) groups excluding carboxylic acids is 1. The normalized spacial score (nSPS) is 25.9. The molecule has 0 aromatic carbocycles. The Morgan fingerprint density at radius 2 is 1.81 bits per heavy atom. The minimum absolute atomic E-state index is 0.0467. The Morgan fingerprint density at radius 3 is 2.25 bits per heavy atom. The molecular formula is C13H22N2O. The van der Waals surface area contributed by atoms with Crippen LogP contribution in [0.5, 0.6) is 0 Å². The van der Waals surface area contributed by atoms with Gasteiger partial charge in [0, 0.05) is 13.1 Å². The molecule has 0 spiro atoms. The lowest BCUT2D eigenvalue weighted by Gasteiger charge is -2.36. The molecule has 1 fully saturated rings. The molecule has 3 nitrogen and oxygen atoms in total. The molecule has 0 radical (unpaired) electrons. The average Bonchev–Trinajstić information content (AvgIpc) is 2.28. The van der Waals surface area contributed by atoms with E-state index < -0.39 is 5.41 Å². The summed E-state index contributed by atoms with van der Waals surface area (Å²) in [4.78, 5) is 13.9. The van der Waals surface area contributed by atoms with E-state index in [0.29, 0.717) is 6.04 Å². The van der Waals surface area contributed by atoms with Gasteiger partial charge in [-0.3, -0.25) is 4.79 Å². The van der Waals surface area contributed by atoms with E-state index in [-0.39, 0.29) is 5.91 Å². The number of carbonyl (C=O) groups is 1. The minimum Gasteiger partial charge on any atom is -0.341 e. The molecule has 0 aromatic heterocycles. The first kappa shape index (κ1) is 13.0. The van der Waals surface area contributed by atoms with Crippen LogP contribution in [0, 0.1) is 22.7 Å². The first-order valence-electron chi connectivity index (χ1n) is 6.07. The van der Waals surface area contributed by atoms with Gasteiger partial charge in [-0.05, 0) is 45.4 Å². The van der Waals surface area contributed by atoms with Crippen LogP contribution >= 0.6 is 0 Å². The molecule has 1 amide bonds. The molecule has 0 saturated heterocycles. The van der Waals surface area contributed by atoms with Gasteiger partial charge in [0.05, 0.1) is 6.07 Å². The van der Waals surface area contributed by atoms with Crippen molar-refractivity contribution in [1.29, 1.82) is 5.26 Å². The summed E-state index contributed by atoms with van der Waals surface area (Å²) in [5, 5.41) is 8.96. The highest BCUT2D eigenvalue weighted by atomic mass is 16.2. The predicted octanol–water partition coefficient (Wildman–Crippen LogP) is 2.57. The van der Waals surface area contributed by atoms with Crippen LogP contribution in [0.4, 0.5) is 0 Å². The summed E-state index contributed by atoms with van der Waals surface area (Å²) in [5.74, 6) is 0.735. The summed E-state index contributed by atoms with van der Waals surface area (Å²) in [6.07, 6.45) is 4.53. The van der Waals surface area contributed by atoms with Crippen molar-refractivity contribution in [2.75, 3.05) is 7.05 Å². The molecule has 16 heavy (non-hydrogen) atoms. The first-order valence-corrected chi connectivity index (χ1v) is 6.07. The topological polar surface area (TPSA) is 44.1 Å². The second-order valence-electron chi connectivity index (χ2n) is 5.57. The van der Waals surface area contributed by atoms with Crippen LogP contribution in [0.15, 0.2) is 0 Å². The lowest BCUT2D eigenvalue weighted by Crippen LogP contribution is -2.45. The van der Waals surface area contributed by atoms with E-state index in [1.54, 1.807) is 18.7 Å². The Bertz CT molecular complexity index is 296. The fraction of sp³-hybridized carbons (Fsp3) is 0.846. The van der Waals surface area contributed by atoms with Crippen molar-refractivity contribution in [3.8, 4) is 6.07 Å². The molecule has 1 aliphatic rings. The van der Waals surface area contributed by atoms with Crippen LogP contribution in [0.1, 0.15) is 46.5 Å². The Balaban J connectivity index is 2.62. The zero-order valence-electron chi connectivity index (χ0n) is 10.8. The van der Waals surface area contributed by atoms with Gasteiger partial charge in [-0.15, -0.1) is 0 Å². The number of amides is 1. The highest BCUT2D eigenvalue weighted by Crippen LogP contribution is 2.28. The van der Waals surface area contributed by atoms with Gasteiger partial charge in [-0.2, -0.15) is 5.26 Å². The fourth-order valence-electron chi connectivity index (χ4n) is 2.28. The van der Waals surface area contributed by atoms with E-state index >= 15 is 0 Å². The van der Waals surface area contributed by atoms with Crippen molar-refractivity contribution in [2.24, 2.45) is 11.3 Å². The third-order valence-electron chi connectivity index (χ3n) is 3.67. The van der Waals surface area contributed by atoms with E-state index in [1.807, 2.05) is 7.05 Å². The lowest BCUT2D eigenvalue weighted by atomic mass is 9.85. The van der Waals surface area contributed by atoms with Gasteiger partial charge in [-0.1, -0.05) is 6.92 Å². The number of nitriles is 1. The maximum atomic E-state index is 12.1. The van der Waals surface area contributed by atoms with Crippen molar-refractivity contribution in [3.63, 3.8) is 0 Å². The van der Waals surface area contributed by atoms with Gasteiger partial charge >= 0.3 is 0 Å². The number of hydrogen-bond donors (Lipinski definition) is 0. The van der Waals surface area contributed by atoms with E-state index in [2.05, 4.69) is 13.0 Å². The molecular weight excluding hydrogens is 200 g/mol. The van der Waals surface area contributed by atoms with Gasteiger partial charge in [0.1, 0.15) is 5.41 Å². The van der Waals surface area contributed by atoms with Crippen molar-refractivity contribution < 1.29 is 4.79 Å². The van der Waals surface area contributed by atoms with Crippen molar-refractivity contribution in [3.05, 3.63) is 0 Å². The molecule has 1 aliphatic carbocycles. The minimum atomic E-state index is -0.891. The maximum absolute atomic E-state index is 12.1. The molecule has 90 valence electrons. The second-order valence-corrected chi connectivity index (χ2v) is 5.57. The number of nitrogens with zero attached hydrogens (tertiary/aromatic N) is 2. The third kappa shape index (κ3) is 2.75.